The fraction of sp³-hybridized carbons (Fsp3) is 0.480. The lowest BCUT2D eigenvalue weighted by atomic mass is 10.1. The summed E-state index contributed by atoms with van der Waals surface area (Å²) in [4.78, 5) is 6.77. The lowest BCUT2D eigenvalue weighted by Crippen LogP contribution is -2.44. The molecular weight excluding hydrogens is 404 g/mol. The minimum Gasteiger partial charge on any atom is -0.495 e. The Labute approximate surface area is 191 Å². The summed E-state index contributed by atoms with van der Waals surface area (Å²) in [6.07, 6.45) is 1.05. The largest absolute Gasteiger partial charge is 0.495 e. The van der Waals surface area contributed by atoms with E-state index in [1.807, 2.05) is 26.1 Å². The van der Waals surface area contributed by atoms with Crippen LogP contribution in [0.5, 0.6) is 5.75 Å². The third kappa shape index (κ3) is 7.14. The van der Waals surface area contributed by atoms with Crippen LogP contribution in [0.2, 0.25) is 0 Å². The van der Waals surface area contributed by atoms with Crippen LogP contribution in [0, 0.1) is 0 Å². The average molecular weight is 441 g/mol. The van der Waals surface area contributed by atoms with Gasteiger partial charge in [0.05, 0.1) is 32.6 Å². The molecule has 0 aliphatic carbocycles. The fourth-order valence-corrected chi connectivity index (χ4v) is 3.84. The molecule has 1 saturated heterocycles. The highest BCUT2D eigenvalue weighted by molar-refractivity contribution is 5.80. The molecule has 2 N–H and O–H groups in total. The lowest BCUT2D eigenvalue weighted by Gasteiger charge is -2.22. The van der Waals surface area contributed by atoms with Gasteiger partial charge >= 0.3 is 0 Å². The number of guanidine groups is 1. The molecule has 3 rings (SSSR count). The number of rotatable bonds is 11. The number of aliphatic imine (C=N–C) groups is 1. The van der Waals surface area contributed by atoms with Gasteiger partial charge in [0.1, 0.15) is 5.75 Å². The second-order valence-electron chi connectivity index (χ2n) is 7.74. The van der Waals surface area contributed by atoms with Crippen molar-refractivity contribution in [3.05, 3.63) is 59.7 Å². The van der Waals surface area contributed by atoms with Crippen molar-refractivity contribution in [3.63, 3.8) is 0 Å². The van der Waals surface area contributed by atoms with E-state index in [1.54, 1.807) is 7.11 Å². The van der Waals surface area contributed by atoms with E-state index in [0.717, 1.165) is 49.1 Å². The summed E-state index contributed by atoms with van der Waals surface area (Å²) in [5, 5.41) is 7.00. The molecule has 2 aromatic carbocycles. The van der Waals surface area contributed by atoms with E-state index in [0.29, 0.717) is 32.4 Å². The maximum Gasteiger partial charge on any atom is 0.191 e. The Kier molecular flexibility index (Phi) is 9.65. The van der Waals surface area contributed by atoms with E-state index in [2.05, 4.69) is 56.9 Å². The van der Waals surface area contributed by atoms with Crippen LogP contribution in [0.25, 0.3) is 0 Å². The van der Waals surface area contributed by atoms with Gasteiger partial charge in [0, 0.05) is 39.3 Å². The van der Waals surface area contributed by atoms with E-state index in [1.165, 1.54) is 5.56 Å². The molecule has 0 aromatic heterocycles. The molecule has 0 spiro atoms. The first-order valence-electron chi connectivity index (χ1n) is 11.3. The van der Waals surface area contributed by atoms with Crippen molar-refractivity contribution in [2.45, 2.75) is 32.5 Å². The molecule has 7 nitrogen and oxygen atoms in total. The first-order valence-corrected chi connectivity index (χ1v) is 11.3. The van der Waals surface area contributed by atoms with Crippen LogP contribution >= 0.6 is 0 Å². The summed E-state index contributed by atoms with van der Waals surface area (Å²) in [5.74, 6) is 1.73. The zero-order chi connectivity index (χ0) is 22.6. The number of nitrogens with one attached hydrogen (secondary N) is 2. The standard InChI is InChI=1S/C25H36N4O3/c1-4-31-14-15-32-19-21-9-7-8-20(16-21)17-27-25(26-2)28-22-12-13-29(18-22)23-10-5-6-11-24(23)30-3/h5-11,16,22H,4,12-15,17-19H2,1-3H3,(H2,26,27,28). The Morgan fingerprint density at radius 2 is 1.91 bits per heavy atom. The number of nitrogens with zero attached hydrogens (tertiary/aromatic N) is 2. The number of hydrogen-bond acceptors (Lipinski definition) is 5. The third-order valence-electron chi connectivity index (χ3n) is 5.47. The van der Waals surface area contributed by atoms with Gasteiger partial charge in [-0.25, -0.2) is 0 Å². The second-order valence-corrected chi connectivity index (χ2v) is 7.74. The molecule has 2 aromatic rings. The SMILES string of the molecule is CCOCCOCc1cccc(CNC(=NC)NC2CCN(c3ccccc3OC)C2)c1. The fourth-order valence-electron chi connectivity index (χ4n) is 3.84. The summed E-state index contributed by atoms with van der Waals surface area (Å²) in [6.45, 7) is 7.15. The summed E-state index contributed by atoms with van der Waals surface area (Å²) >= 11 is 0. The van der Waals surface area contributed by atoms with Gasteiger partial charge in [0.2, 0.25) is 0 Å². The summed E-state index contributed by atoms with van der Waals surface area (Å²) in [5.41, 5.74) is 3.50. The van der Waals surface area contributed by atoms with Crippen molar-refractivity contribution in [2.75, 3.05) is 52.0 Å². The molecule has 1 atom stereocenters. The molecule has 0 amide bonds. The number of methoxy groups -OCH3 is 1. The van der Waals surface area contributed by atoms with Crippen molar-refractivity contribution in [2.24, 2.45) is 4.99 Å². The highest BCUT2D eigenvalue weighted by Gasteiger charge is 2.25. The Bertz CT molecular complexity index is 859. The topological polar surface area (TPSA) is 67.4 Å². The van der Waals surface area contributed by atoms with Gasteiger partial charge in [0.15, 0.2) is 5.96 Å². The zero-order valence-electron chi connectivity index (χ0n) is 19.5. The molecule has 0 bridgehead atoms. The molecular formula is C25H36N4O3. The zero-order valence-corrected chi connectivity index (χ0v) is 19.5. The number of ether oxygens (including phenoxy) is 3. The molecule has 0 radical (unpaired) electrons. The summed E-state index contributed by atoms with van der Waals surface area (Å²) in [6, 6.07) is 16.9. The molecule has 1 unspecified atom stereocenters. The lowest BCUT2D eigenvalue weighted by molar-refractivity contribution is 0.0453. The molecule has 1 aliphatic heterocycles. The maximum absolute atomic E-state index is 5.68. The highest BCUT2D eigenvalue weighted by atomic mass is 16.5. The van der Waals surface area contributed by atoms with Crippen LogP contribution in [0.15, 0.2) is 53.5 Å². The van der Waals surface area contributed by atoms with Crippen molar-refractivity contribution < 1.29 is 14.2 Å². The van der Waals surface area contributed by atoms with Crippen molar-refractivity contribution in [1.82, 2.24) is 10.6 Å². The molecule has 32 heavy (non-hydrogen) atoms. The molecule has 1 aliphatic rings. The number of benzene rings is 2. The second kappa shape index (κ2) is 12.9. The van der Waals surface area contributed by atoms with Gasteiger partial charge in [-0.05, 0) is 36.6 Å². The maximum atomic E-state index is 5.68. The third-order valence-corrected chi connectivity index (χ3v) is 5.47. The van der Waals surface area contributed by atoms with E-state index in [-0.39, 0.29) is 0 Å². The van der Waals surface area contributed by atoms with Gasteiger partial charge < -0.3 is 29.7 Å². The van der Waals surface area contributed by atoms with Crippen LogP contribution in [-0.4, -0.2) is 59.1 Å². The van der Waals surface area contributed by atoms with Crippen molar-refractivity contribution in [3.8, 4) is 5.75 Å². The van der Waals surface area contributed by atoms with Crippen LogP contribution in [-0.2, 0) is 22.6 Å². The van der Waals surface area contributed by atoms with Gasteiger partial charge in [-0.2, -0.15) is 0 Å². The molecule has 1 fully saturated rings. The molecule has 7 heteroatoms. The van der Waals surface area contributed by atoms with Crippen LogP contribution < -0.4 is 20.3 Å². The first kappa shape index (κ1) is 23.9. The Morgan fingerprint density at radius 3 is 2.72 bits per heavy atom. The molecule has 1 heterocycles. The number of hydrogen-bond donors (Lipinski definition) is 2. The first-order chi connectivity index (χ1) is 15.7. The average Bonchev–Trinajstić information content (AvgIpc) is 3.30. The Morgan fingerprint density at radius 1 is 1.09 bits per heavy atom. The van der Waals surface area contributed by atoms with Crippen LogP contribution in [0.4, 0.5) is 5.69 Å². The van der Waals surface area contributed by atoms with Crippen LogP contribution in [0.3, 0.4) is 0 Å². The quantitative estimate of drug-likeness (QED) is 0.318. The van der Waals surface area contributed by atoms with Gasteiger partial charge in [-0.15, -0.1) is 0 Å². The number of para-hydroxylation sites is 2. The predicted octanol–water partition coefficient (Wildman–Crippen LogP) is 3.19. The minimum atomic E-state index is 0.330. The smallest absolute Gasteiger partial charge is 0.191 e. The Balaban J connectivity index is 1.46. The van der Waals surface area contributed by atoms with Crippen molar-refractivity contribution in [1.29, 1.82) is 0 Å². The molecule has 0 saturated carbocycles. The van der Waals surface area contributed by atoms with E-state index >= 15 is 0 Å². The van der Waals surface area contributed by atoms with E-state index in [4.69, 9.17) is 14.2 Å². The number of anilines is 1. The van der Waals surface area contributed by atoms with Gasteiger partial charge in [-0.3, -0.25) is 4.99 Å². The van der Waals surface area contributed by atoms with Crippen molar-refractivity contribution >= 4 is 11.6 Å². The monoisotopic (exact) mass is 440 g/mol. The van der Waals surface area contributed by atoms with Gasteiger partial charge in [-0.1, -0.05) is 36.4 Å². The normalized spacial score (nSPS) is 16.3. The van der Waals surface area contributed by atoms with Gasteiger partial charge in [0.25, 0.3) is 0 Å². The summed E-state index contributed by atoms with van der Waals surface area (Å²) in [7, 11) is 3.53. The highest BCUT2D eigenvalue weighted by Crippen LogP contribution is 2.30. The summed E-state index contributed by atoms with van der Waals surface area (Å²) < 4.78 is 16.5. The molecule has 174 valence electrons. The van der Waals surface area contributed by atoms with Crippen LogP contribution in [0.1, 0.15) is 24.5 Å². The van der Waals surface area contributed by atoms with E-state index in [9.17, 15) is 0 Å². The minimum absolute atomic E-state index is 0.330. The Hall–Kier alpha value is -2.77. The van der Waals surface area contributed by atoms with E-state index < -0.39 is 0 Å². The predicted molar refractivity (Wildman–Crippen MR) is 130 cm³/mol.